The van der Waals surface area contributed by atoms with Crippen molar-refractivity contribution in [3.05, 3.63) is 35.4 Å². The first-order valence-electron chi connectivity index (χ1n) is 7.73. The third kappa shape index (κ3) is 2.70. The average Bonchev–Trinajstić information content (AvgIpc) is 2.42. The minimum absolute atomic E-state index is 0.249. The van der Waals surface area contributed by atoms with Crippen LogP contribution in [0.15, 0.2) is 24.3 Å². The van der Waals surface area contributed by atoms with Crippen molar-refractivity contribution >= 4 is 0 Å². The molecule has 1 saturated carbocycles. The number of benzene rings is 1. The van der Waals surface area contributed by atoms with E-state index in [-0.39, 0.29) is 6.10 Å². The Bertz CT molecular complexity index is 420. The molecule has 0 amide bonds. The normalized spacial score (nSPS) is 24.6. The lowest BCUT2D eigenvalue weighted by Crippen LogP contribution is -2.41. The summed E-state index contributed by atoms with van der Waals surface area (Å²) in [4.78, 5) is 0. The smallest absolute Gasteiger partial charge is 0.0952 e. The summed E-state index contributed by atoms with van der Waals surface area (Å²) >= 11 is 0. The summed E-state index contributed by atoms with van der Waals surface area (Å²) in [5.41, 5.74) is 3.45. The van der Waals surface area contributed by atoms with Crippen molar-refractivity contribution in [1.82, 2.24) is 5.32 Å². The molecule has 1 atom stereocenters. The van der Waals surface area contributed by atoms with Gasteiger partial charge in [0.05, 0.1) is 12.7 Å². The Hall–Kier alpha value is -0.860. The van der Waals surface area contributed by atoms with Gasteiger partial charge in [-0.05, 0) is 42.2 Å². The van der Waals surface area contributed by atoms with Crippen LogP contribution in [0.5, 0.6) is 0 Å². The third-order valence-corrected chi connectivity index (χ3v) is 5.09. The van der Waals surface area contributed by atoms with E-state index in [0.717, 1.165) is 26.1 Å². The molecule has 0 radical (unpaired) electrons. The largest absolute Gasteiger partial charge is 0.372 e. The molecule has 0 aromatic heterocycles. The second-order valence-electron chi connectivity index (χ2n) is 6.15. The molecule has 2 heteroatoms. The molecule has 1 aromatic carbocycles. The molecule has 1 N–H and O–H groups in total. The highest BCUT2D eigenvalue weighted by atomic mass is 16.5. The first-order valence-corrected chi connectivity index (χ1v) is 7.73. The van der Waals surface area contributed by atoms with E-state index in [1.54, 1.807) is 0 Å². The standard InChI is InChI=1S/C17H25NO/c1-2-17(9-5-10-17)13-18-12-16-15-7-4-3-6-14(15)8-11-19-16/h3-4,6-7,16,18H,2,5,8-13H2,1H3. The van der Waals surface area contributed by atoms with E-state index in [9.17, 15) is 0 Å². The van der Waals surface area contributed by atoms with Crippen LogP contribution in [0.1, 0.15) is 49.8 Å². The maximum atomic E-state index is 5.94. The Balaban J connectivity index is 1.56. The Morgan fingerprint density at radius 1 is 1.32 bits per heavy atom. The Kier molecular flexibility index (Phi) is 3.90. The maximum Gasteiger partial charge on any atom is 0.0952 e. The SMILES string of the molecule is CCC1(CNCC2OCCc3ccccc32)CCC1. The first-order chi connectivity index (χ1) is 9.33. The van der Waals surface area contributed by atoms with Gasteiger partial charge in [0.1, 0.15) is 0 Å². The van der Waals surface area contributed by atoms with Crippen molar-refractivity contribution in [2.45, 2.75) is 45.1 Å². The number of nitrogens with one attached hydrogen (secondary N) is 1. The van der Waals surface area contributed by atoms with Crippen molar-refractivity contribution in [3.63, 3.8) is 0 Å². The zero-order chi connectivity index (χ0) is 13.1. The highest BCUT2D eigenvalue weighted by Crippen LogP contribution is 2.43. The van der Waals surface area contributed by atoms with Gasteiger partial charge in [-0.15, -0.1) is 0 Å². The zero-order valence-corrected chi connectivity index (χ0v) is 12.0. The zero-order valence-electron chi connectivity index (χ0n) is 12.0. The van der Waals surface area contributed by atoms with E-state index in [2.05, 4.69) is 36.5 Å². The average molecular weight is 259 g/mol. The summed E-state index contributed by atoms with van der Waals surface area (Å²) in [6, 6.07) is 8.72. The Labute approximate surface area is 116 Å². The predicted molar refractivity (Wildman–Crippen MR) is 78.3 cm³/mol. The fraction of sp³-hybridized carbons (Fsp3) is 0.647. The van der Waals surface area contributed by atoms with Crippen molar-refractivity contribution < 1.29 is 4.74 Å². The molecule has 1 aromatic rings. The molecule has 0 spiro atoms. The Morgan fingerprint density at radius 3 is 2.89 bits per heavy atom. The van der Waals surface area contributed by atoms with Crippen molar-refractivity contribution in [1.29, 1.82) is 0 Å². The van der Waals surface area contributed by atoms with Gasteiger partial charge in [0.2, 0.25) is 0 Å². The Morgan fingerprint density at radius 2 is 2.16 bits per heavy atom. The molecule has 2 aliphatic rings. The van der Waals surface area contributed by atoms with Gasteiger partial charge in [0, 0.05) is 13.1 Å². The summed E-state index contributed by atoms with van der Waals surface area (Å²) in [6.45, 7) is 5.31. The van der Waals surface area contributed by atoms with Gasteiger partial charge < -0.3 is 10.1 Å². The fourth-order valence-electron chi connectivity index (χ4n) is 3.45. The van der Waals surface area contributed by atoms with Gasteiger partial charge in [0.15, 0.2) is 0 Å². The minimum Gasteiger partial charge on any atom is -0.372 e. The number of rotatable bonds is 5. The van der Waals surface area contributed by atoms with Crippen LogP contribution in [0.3, 0.4) is 0 Å². The van der Waals surface area contributed by atoms with Gasteiger partial charge in [-0.2, -0.15) is 0 Å². The third-order valence-electron chi connectivity index (χ3n) is 5.09. The lowest BCUT2D eigenvalue weighted by Gasteiger charge is -2.42. The fourth-order valence-corrected chi connectivity index (χ4v) is 3.45. The van der Waals surface area contributed by atoms with E-state index >= 15 is 0 Å². The van der Waals surface area contributed by atoms with Gasteiger partial charge in [-0.1, -0.05) is 37.6 Å². The van der Waals surface area contributed by atoms with Gasteiger partial charge in [-0.25, -0.2) is 0 Å². The molecule has 1 unspecified atom stereocenters. The number of ether oxygens (including phenoxy) is 1. The van der Waals surface area contributed by atoms with Crippen LogP contribution < -0.4 is 5.32 Å². The van der Waals surface area contributed by atoms with Crippen LogP contribution in [0, 0.1) is 5.41 Å². The molecule has 3 rings (SSSR count). The summed E-state index contributed by atoms with van der Waals surface area (Å²) in [5, 5.41) is 3.66. The number of hydrogen-bond acceptors (Lipinski definition) is 2. The molecule has 1 heterocycles. The van der Waals surface area contributed by atoms with Crippen LogP contribution in [-0.2, 0) is 11.2 Å². The molecular formula is C17H25NO. The minimum atomic E-state index is 0.249. The van der Waals surface area contributed by atoms with Gasteiger partial charge in [-0.3, -0.25) is 0 Å². The molecule has 2 nitrogen and oxygen atoms in total. The van der Waals surface area contributed by atoms with E-state index in [1.165, 1.54) is 36.8 Å². The topological polar surface area (TPSA) is 21.3 Å². The highest BCUT2D eigenvalue weighted by molar-refractivity contribution is 5.31. The second kappa shape index (κ2) is 5.64. The molecule has 104 valence electrons. The quantitative estimate of drug-likeness (QED) is 0.874. The molecule has 0 saturated heterocycles. The molecular weight excluding hydrogens is 234 g/mol. The number of hydrogen-bond donors (Lipinski definition) is 1. The molecule has 1 aliphatic heterocycles. The van der Waals surface area contributed by atoms with Crippen molar-refractivity contribution in [3.8, 4) is 0 Å². The van der Waals surface area contributed by atoms with Crippen LogP contribution in [0.4, 0.5) is 0 Å². The lowest BCUT2D eigenvalue weighted by molar-refractivity contribution is 0.0364. The summed E-state index contributed by atoms with van der Waals surface area (Å²) in [7, 11) is 0. The summed E-state index contributed by atoms with van der Waals surface area (Å²) in [6.07, 6.45) is 6.84. The summed E-state index contributed by atoms with van der Waals surface area (Å²) in [5.74, 6) is 0. The predicted octanol–water partition coefficient (Wildman–Crippen LogP) is 3.47. The highest BCUT2D eigenvalue weighted by Gasteiger charge is 2.34. The molecule has 1 fully saturated rings. The second-order valence-corrected chi connectivity index (χ2v) is 6.15. The maximum absolute atomic E-state index is 5.94. The number of fused-ring (bicyclic) bond motifs is 1. The monoisotopic (exact) mass is 259 g/mol. The van der Waals surface area contributed by atoms with Crippen LogP contribution in [-0.4, -0.2) is 19.7 Å². The van der Waals surface area contributed by atoms with Crippen LogP contribution in [0.2, 0.25) is 0 Å². The van der Waals surface area contributed by atoms with Crippen LogP contribution in [0.25, 0.3) is 0 Å². The van der Waals surface area contributed by atoms with E-state index in [4.69, 9.17) is 4.74 Å². The van der Waals surface area contributed by atoms with Gasteiger partial charge in [0.25, 0.3) is 0 Å². The van der Waals surface area contributed by atoms with Crippen molar-refractivity contribution in [2.75, 3.05) is 19.7 Å². The van der Waals surface area contributed by atoms with Crippen LogP contribution >= 0.6 is 0 Å². The van der Waals surface area contributed by atoms with E-state index in [1.807, 2.05) is 0 Å². The molecule has 1 aliphatic carbocycles. The molecule has 19 heavy (non-hydrogen) atoms. The van der Waals surface area contributed by atoms with Gasteiger partial charge >= 0.3 is 0 Å². The van der Waals surface area contributed by atoms with E-state index < -0.39 is 0 Å². The first kappa shape index (κ1) is 13.1. The van der Waals surface area contributed by atoms with Crippen molar-refractivity contribution in [2.24, 2.45) is 5.41 Å². The summed E-state index contributed by atoms with van der Waals surface area (Å²) < 4.78 is 5.94. The van der Waals surface area contributed by atoms with E-state index in [0.29, 0.717) is 5.41 Å². The molecule has 0 bridgehead atoms. The lowest BCUT2D eigenvalue weighted by atomic mass is 9.67.